The summed E-state index contributed by atoms with van der Waals surface area (Å²) in [7, 11) is 0. The molecule has 27 heavy (non-hydrogen) atoms. The van der Waals surface area contributed by atoms with E-state index in [9.17, 15) is 4.79 Å². The fourth-order valence-corrected chi connectivity index (χ4v) is 4.14. The van der Waals surface area contributed by atoms with Gasteiger partial charge in [0, 0.05) is 18.4 Å². The minimum atomic E-state index is -0.159. The zero-order valence-electron chi connectivity index (χ0n) is 15.1. The molecular formula is C22H22N4O. The number of carbonyl (C=O) groups is 1. The molecule has 5 rings (SSSR count). The summed E-state index contributed by atoms with van der Waals surface area (Å²) in [6.07, 6.45) is 5.06. The number of rotatable bonds is 3. The van der Waals surface area contributed by atoms with Crippen molar-refractivity contribution < 1.29 is 4.79 Å². The molecule has 0 bridgehead atoms. The highest BCUT2D eigenvalue weighted by atomic mass is 16.1. The van der Waals surface area contributed by atoms with E-state index in [0.29, 0.717) is 11.7 Å². The zero-order valence-corrected chi connectivity index (χ0v) is 15.1. The first-order chi connectivity index (χ1) is 13.3. The van der Waals surface area contributed by atoms with Crippen LogP contribution in [0.3, 0.4) is 0 Å². The van der Waals surface area contributed by atoms with E-state index in [1.807, 2.05) is 16.9 Å². The van der Waals surface area contributed by atoms with Crippen LogP contribution in [-0.2, 0) is 6.42 Å². The Labute approximate surface area is 158 Å². The van der Waals surface area contributed by atoms with Gasteiger partial charge in [-0.25, -0.2) is 0 Å². The number of fused-ring (bicyclic) bond motifs is 3. The normalized spacial score (nSPS) is 18.0. The molecule has 1 aliphatic carbocycles. The summed E-state index contributed by atoms with van der Waals surface area (Å²) < 4.78 is 1.92. The number of piperidine rings is 1. The summed E-state index contributed by atoms with van der Waals surface area (Å²) in [5.74, 6) is -0.159. The van der Waals surface area contributed by atoms with Crippen LogP contribution in [0.2, 0.25) is 0 Å². The van der Waals surface area contributed by atoms with Crippen LogP contribution < -0.4 is 10.6 Å². The molecule has 1 aliphatic heterocycles. The van der Waals surface area contributed by atoms with E-state index in [4.69, 9.17) is 0 Å². The number of amides is 1. The third-order valence-electron chi connectivity index (χ3n) is 5.54. The van der Waals surface area contributed by atoms with E-state index in [0.717, 1.165) is 38.0 Å². The predicted molar refractivity (Wildman–Crippen MR) is 106 cm³/mol. The molecule has 1 fully saturated rings. The molecular weight excluding hydrogens is 336 g/mol. The monoisotopic (exact) mass is 358 g/mol. The van der Waals surface area contributed by atoms with Gasteiger partial charge in [-0.05, 0) is 66.3 Å². The average molecular weight is 358 g/mol. The van der Waals surface area contributed by atoms with Gasteiger partial charge in [0.15, 0.2) is 5.69 Å². The van der Waals surface area contributed by atoms with Gasteiger partial charge in [0.1, 0.15) is 0 Å². The molecule has 3 aromatic rings. The molecule has 0 radical (unpaired) electrons. The van der Waals surface area contributed by atoms with Crippen molar-refractivity contribution in [1.29, 1.82) is 0 Å². The van der Waals surface area contributed by atoms with Gasteiger partial charge >= 0.3 is 0 Å². The molecule has 1 saturated heterocycles. The summed E-state index contributed by atoms with van der Waals surface area (Å²) in [6, 6.07) is 16.8. The number of nitrogens with zero attached hydrogens (tertiary/aromatic N) is 2. The van der Waals surface area contributed by atoms with Gasteiger partial charge in [-0.15, -0.1) is 0 Å². The molecule has 1 atom stereocenters. The van der Waals surface area contributed by atoms with E-state index in [1.54, 1.807) is 6.07 Å². The second kappa shape index (κ2) is 6.67. The molecule has 5 heteroatoms. The summed E-state index contributed by atoms with van der Waals surface area (Å²) in [5.41, 5.74) is 6.44. The van der Waals surface area contributed by atoms with Crippen molar-refractivity contribution in [3.8, 4) is 11.1 Å². The van der Waals surface area contributed by atoms with Crippen molar-refractivity contribution in [1.82, 2.24) is 15.1 Å². The van der Waals surface area contributed by atoms with E-state index in [2.05, 4.69) is 52.1 Å². The van der Waals surface area contributed by atoms with Crippen molar-refractivity contribution in [3.05, 3.63) is 71.5 Å². The molecule has 1 aromatic heterocycles. The van der Waals surface area contributed by atoms with Crippen LogP contribution in [0, 0.1) is 0 Å². The van der Waals surface area contributed by atoms with Crippen LogP contribution in [0.4, 0.5) is 5.69 Å². The summed E-state index contributed by atoms with van der Waals surface area (Å²) in [5, 5.41) is 10.9. The molecule has 2 N–H and O–H groups in total. The number of nitrogens with one attached hydrogen (secondary N) is 2. The maximum absolute atomic E-state index is 12.6. The van der Waals surface area contributed by atoms with Crippen molar-refractivity contribution >= 4 is 11.6 Å². The Hall–Kier alpha value is -2.92. The summed E-state index contributed by atoms with van der Waals surface area (Å²) in [6.45, 7) is 1.97. The van der Waals surface area contributed by atoms with Gasteiger partial charge in [0.2, 0.25) is 0 Å². The Morgan fingerprint density at radius 3 is 2.89 bits per heavy atom. The highest BCUT2D eigenvalue weighted by Gasteiger charge is 2.20. The van der Waals surface area contributed by atoms with Crippen LogP contribution in [0.25, 0.3) is 11.1 Å². The molecule has 0 spiro atoms. The topological polar surface area (TPSA) is 59.0 Å². The Balaban J connectivity index is 1.32. The van der Waals surface area contributed by atoms with Gasteiger partial charge < -0.3 is 10.6 Å². The number of hydrogen-bond acceptors (Lipinski definition) is 3. The lowest BCUT2D eigenvalue weighted by Gasteiger charge is -2.22. The van der Waals surface area contributed by atoms with Gasteiger partial charge in [-0.3, -0.25) is 9.48 Å². The van der Waals surface area contributed by atoms with Gasteiger partial charge in [-0.1, -0.05) is 30.3 Å². The maximum atomic E-state index is 12.6. The molecule has 136 valence electrons. The van der Waals surface area contributed by atoms with E-state index < -0.39 is 0 Å². The number of benzene rings is 2. The van der Waals surface area contributed by atoms with Gasteiger partial charge in [-0.2, -0.15) is 5.10 Å². The minimum absolute atomic E-state index is 0.159. The lowest BCUT2D eigenvalue weighted by Crippen LogP contribution is -2.32. The fourth-order valence-electron chi connectivity index (χ4n) is 4.14. The Bertz CT molecular complexity index is 1000. The lowest BCUT2D eigenvalue weighted by molar-refractivity contribution is 0.102. The second-order valence-electron chi connectivity index (χ2n) is 7.34. The molecule has 1 unspecified atom stereocenters. The Morgan fingerprint density at radius 2 is 2.00 bits per heavy atom. The quantitative estimate of drug-likeness (QED) is 0.588. The van der Waals surface area contributed by atoms with Gasteiger partial charge in [0.25, 0.3) is 5.91 Å². The third-order valence-corrected chi connectivity index (χ3v) is 5.54. The molecule has 2 aliphatic rings. The van der Waals surface area contributed by atoms with Crippen molar-refractivity contribution in [2.75, 3.05) is 18.4 Å². The largest absolute Gasteiger partial charge is 0.321 e. The predicted octanol–water partition coefficient (Wildman–Crippen LogP) is 3.63. The van der Waals surface area contributed by atoms with Crippen molar-refractivity contribution in [2.24, 2.45) is 0 Å². The van der Waals surface area contributed by atoms with Crippen molar-refractivity contribution in [2.45, 2.75) is 25.3 Å². The first-order valence-electron chi connectivity index (χ1n) is 9.56. The van der Waals surface area contributed by atoms with Crippen LogP contribution >= 0.6 is 0 Å². The number of hydrogen-bond donors (Lipinski definition) is 2. The van der Waals surface area contributed by atoms with E-state index in [-0.39, 0.29) is 5.91 Å². The highest BCUT2D eigenvalue weighted by Crippen LogP contribution is 2.37. The standard InChI is InChI=1S/C22H22N4O/c27-22(21-9-11-26(25-21)18-5-3-10-23-14-18)24-17-7-8-20-16(13-17)12-15-4-1-2-6-19(15)20/h1-2,4,6-9,11,13,18,23H,3,5,10,12,14H2,(H,24,27). The Kier molecular flexibility index (Phi) is 4.02. The molecule has 5 nitrogen and oxygen atoms in total. The van der Waals surface area contributed by atoms with Crippen LogP contribution in [0.5, 0.6) is 0 Å². The number of anilines is 1. The molecule has 2 heterocycles. The third kappa shape index (κ3) is 3.04. The van der Waals surface area contributed by atoms with Crippen LogP contribution in [0.1, 0.15) is 40.5 Å². The smallest absolute Gasteiger partial charge is 0.276 e. The molecule has 1 amide bonds. The molecule has 2 aromatic carbocycles. The zero-order chi connectivity index (χ0) is 18.2. The highest BCUT2D eigenvalue weighted by molar-refractivity contribution is 6.03. The maximum Gasteiger partial charge on any atom is 0.276 e. The summed E-state index contributed by atoms with van der Waals surface area (Å²) in [4.78, 5) is 12.6. The first kappa shape index (κ1) is 16.3. The summed E-state index contributed by atoms with van der Waals surface area (Å²) >= 11 is 0. The fraction of sp³-hybridized carbons (Fsp3) is 0.273. The van der Waals surface area contributed by atoms with Crippen molar-refractivity contribution in [3.63, 3.8) is 0 Å². The minimum Gasteiger partial charge on any atom is -0.321 e. The number of aromatic nitrogens is 2. The first-order valence-corrected chi connectivity index (χ1v) is 9.56. The van der Waals surface area contributed by atoms with Crippen LogP contribution in [0.15, 0.2) is 54.7 Å². The van der Waals surface area contributed by atoms with Crippen LogP contribution in [-0.4, -0.2) is 28.8 Å². The van der Waals surface area contributed by atoms with E-state index >= 15 is 0 Å². The van der Waals surface area contributed by atoms with Gasteiger partial charge in [0.05, 0.1) is 6.04 Å². The number of carbonyl (C=O) groups excluding carboxylic acids is 1. The Morgan fingerprint density at radius 1 is 1.11 bits per heavy atom. The molecule has 0 saturated carbocycles. The average Bonchev–Trinajstić information content (AvgIpc) is 3.33. The lowest BCUT2D eigenvalue weighted by atomic mass is 10.1. The second-order valence-corrected chi connectivity index (χ2v) is 7.34. The van der Waals surface area contributed by atoms with E-state index in [1.165, 1.54) is 22.3 Å². The SMILES string of the molecule is O=C(Nc1ccc2c(c1)Cc1ccccc1-2)c1ccn(C2CCCNC2)n1.